The lowest BCUT2D eigenvalue weighted by atomic mass is 9.81. The van der Waals surface area contributed by atoms with Gasteiger partial charge in [0.1, 0.15) is 26.9 Å². The van der Waals surface area contributed by atoms with E-state index in [9.17, 15) is 18.3 Å². The highest BCUT2D eigenvalue weighted by Crippen LogP contribution is 2.49. The number of hydrogen-bond acceptors (Lipinski definition) is 6. The Kier molecular flexibility index (Phi) is 7.94. The second kappa shape index (κ2) is 10.6. The van der Waals surface area contributed by atoms with E-state index in [0.717, 1.165) is 5.56 Å². The van der Waals surface area contributed by atoms with Crippen LogP contribution in [0.3, 0.4) is 0 Å². The molecular formula is C28H28Br2N2O5S. The highest BCUT2D eigenvalue weighted by molar-refractivity contribution is 9.12. The SMILES string of the molecule is CC(C)c1cc(Oc2ccccc2C(=O)C2=C3C(=CC=CC3(Br)N(C)C)C(S(N)(=O)=O)C=C2Br)ccc1O. The Morgan fingerprint density at radius 2 is 1.87 bits per heavy atom. The number of carbonyl (C=O) groups excluding carboxylic acids is 1. The molecule has 0 saturated heterocycles. The smallest absolute Gasteiger partial charge is 0.219 e. The Labute approximate surface area is 239 Å². The van der Waals surface area contributed by atoms with Crippen LogP contribution in [-0.4, -0.2) is 48.0 Å². The molecule has 0 spiro atoms. The van der Waals surface area contributed by atoms with Crippen molar-refractivity contribution in [1.82, 2.24) is 4.90 Å². The number of aromatic hydroxyl groups is 1. The maximum Gasteiger partial charge on any atom is 0.219 e. The second-order valence-electron chi connectivity index (χ2n) is 9.63. The van der Waals surface area contributed by atoms with Crippen LogP contribution < -0.4 is 9.88 Å². The number of phenols is 1. The summed E-state index contributed by atoms with van der Waals surface area (Å²) in [5.41, 5.74) is 2.18. The van der Waals surface area contributed by atoms with Gasteiger partial charge < -0.3 is 9.84 Å². The number of nitrogens with two attached hydrogens (primary N) is 1. The van der Waals surface area contributed by atoms with E-state index >= 15 is 0 Å². The number of carbonyl (C=O) groups is 1. The van der Waals surface area contributed by atoms with Gasteiger partial charge in [-0.15, -0.1) is 0 Å². The number of rotatable bonds is 7. The van der Waals surface area contributed by atoms with Gasteiger partial charge in [0.05, 0.1) is 5.56 Å². The summed E-state index contributed by atoms with van der Waals surface area (Å²) in [5, 5.41) is 14.7. The highest BCUT2D eigenvalue weighted by atomic mass is 79.9. The van der Waals surface area contributed by atoms with Gasteiger partial charge in [0.2, 0.25) is 10.0 Å². The first-order chi connectivity index (χ1) is 17.8. The molecule has 0 bridgehead atoms. The van der Waals surface area contributed by atoms with E-state index in [1.807, 2.05) is 38.9 Å². The lowest BCUT2D eigenvalue weighted by Crippen LogP contribution is -2.45. The van der Waals surface area contributed by atoms with Crippen molar-refractivity contribution in [3.8, 4) is 17.2 Å². The average molecular weight is 664 g/mol. The van der Waals surface area contributed by atoms with Gasteiger partial charge in [0.15, 0.2) is 5.78 Å². The van der Waals surface area contributed by atoms with Gasteiger partial charge in [-0.2, -0.15) is 0 Å². The van der Waals surface area contributed by atoms with Gasteiger partial charge in [-0.1, -0.05) is 70.0 Å². The van der Waals surface area contributed by atoms with Crippen molar-refractivity contribution in [3.63, 3.8) is 0 Å². The molecule has 2 aromatic carbocycles. The van der Waals surface area contributed by atoms with E-state index in [1.54, 1.807) is 54.6 Å². The number of ether oxygens (including phenoxy) is 1. The molecule has 0 heterocycles. The standard InChI is InChI=1S/C28H28Br2N2O5S/c1-16(2)20-14-17(11-12-22(20)33)37-23-10-6-5-8-18(23)27(34)25-21(29)15-24(38(31,35)36)19-9-7-13-28(30,26(19)25)32(3)4/h5-16,24,33H,1-4H3,(H2,31,35,36). The normalized spacial score (nSPS) is 21.3. The number of allylic oxidation sites excluding steroid dienone is 4. The summed E-state index contributed by atoms with van der Waals surface area (Å²) in [5.74, 6) is 0.677. The number of alkyl halides is 1. The zero-order valence-electron chi connectivity index (χ0n) is 21.3. The summed E-state index contributed by atoms with van der Waals surface area (Å²) in [4.78, 5) is 16.1. The van der Waals surface area contributed by atoms with E-state index in [1.165, 1.54) is 6.08 Å². The third-order valence-electron chi connectivity index (χ3n) is 6.54. The van der Waals surface area contributed by atoms with Crippen LogP contribution in [0, 0.1) is 0 Å². The van der Waals surface area contributed by atoms with Crippen molar-refractivity contribution < 1.29 is 23.1 Å². The number of nitrogens with zero attached hydrogens (tertiary/aromatic N) is 1. The van der Waals surface area contributed by atoms with E-state index in [2.05, 4.69) is 31.9 Å². The fourth-order valence-corrected chi connectivity index (χ4v) is 6.83. The van der Waals surface area contributed by atoms with Crippen LogP contribution >= 0.6 is 31.9 Å². The predicted octanol–water partition coefficient (Wildman–Crippen LogP) is 5.89. The Bertz CT molecular complexity index is 1540. The minimum atomic E-state index is -4.02. The van der Waals surface area contributed by atoms with Gasteiger partial charge in [-0.3, -0.25) is 9.69 Å². The number of Topliss-reactive ketones (excluding diaryl/α,β-unsaturated/α-hetero) is 1. The van der Waals surface area contributed by atoms with Gasteiger partial charge in [0, 0.05) is 21.2 Å². The average Bonchev–Trinajstić information content (AvgIpc) is 2.84. The van der Waals surface area contributed by atoms with E-state index in [0.29, 0.717) is 27.1 Å². The van der Waals surface area contributed by atoms with E-state index < -0.39 is 19.7 Å². The minimum absolute atomic E-state index is 0.0696. The summed E-state index contributed by atoms with van der Waals surface area (Å²) >= 11 is 7.23. The first kappa shape index (κ1) is 28.5. The van der Waals surface area contributed by atoms with Crippen LogP contribution in [0.4, 0.5) is 0 Å². The van der Waals surface area contributed by atoms with Crippen LogP contribution in [0.15, 0.2) is 88.0 Å². The Balaban J connectivity index is 1.88. The molecular weight excluding hydrogens is 636 g/mol. The highest BCUT2D eigenvalue weighted by Gasteiger charge is 2.45. The van der Waals surface area contributed by atoms with Crippen molar-refractivity contribution in [2.45, 2.75) is 29.5 Å². The van der Waals surface area contributed by atoms with Crippen molar-refractivity contribution in [2.24, 2.45) is 5.14 Å². The lowest BCUT2D eigenvalue weighted by molar-refractivity contribution is 0.103. The molecule has 0 fully saturated rings. The van der Waals surface area contributed by atoms with E-state index in [4.69, 9.17) is 9.88 Å². The molecule has 3 N–H and O–H groups in total. The second-order valence-corrected chi connectivity index (χ2v) is 13.4. The van der Waals surface area contributed by atoms with Gasteiger partial charge in [-0.25, -0.2) is 13.6 Å². The molecule has 200 valence electrons. The number of benzene rings is 2. The third-order valence-corrected chi connectivity index (χ3v) is 9.67. The molecule has 0 aliphatic heterocycles. The number of sulfonamides is 1. The molecule has 2 aromatic rings. The summed E-state index contributed by atoms with van der Waals surface area (Å²) in [6.07, 6.45) is 6.70. The number of para-hydroxylation sites is 1. The largest absolute Gasteiger partial charge is 0.508 e. The number of likely N-dealkylation sites (N-methyl/N-ethyl adjacent to an activating group) is 1. The number of halogens is 2. The Morgan fingerprint density at radius 3 is 2.50 bits per heavy atom. The number of fused-ring (bicyclic) bond motifs is 1. The van der Waals surface area contributed by atoms with Crippen molar-refractivity contribution in [1.29, 1.82) is 0 Å². The summed E-state index contributed by atoms with van der Waals surface area (Å²) in [7, 11) is -0.375. The number of primary sulfonamides is 1. The molecule has 0 amide bonds. The third kappa shape index (κ3) is 5.20. The molecule has 38 heavy (non-hydrogen) atoms. The van der Waals surface area contributed by atoms with Crippen LogP contribution in [0.1, 0.15) is 35.7 Å². The number of ketones is 1. The zero-order chi connectivity index (χ0) is 28.0. The number of hydrogen-bond donors (Lipinski definition) is 2. The van der Waals surface area contributed by atoms with Crippen molar-refractivity contribution in [3.05, 3.63) is 99.1 Å². The first-order valence-electron chi connectivity index (χ1n) is 11.8. The summed E-state index contributed by atoms with van der Waals surface area (Å²) in [6, 6.07) is 11.8. The fourth-order valence-electron chi connectivity index (χ4n) is 4.56. The van der Waals surface area contributed by atoms with Gasteiger partial charge >= 0.3 is 0 Å². The molecule has 2 atom stereocenters. The molecule has 2 unspecified atom stereocenters. The summed E-state index contributed by atoms with van der Waals surface area (Å²) in [6.45, 7) is 3.93. The maximum absolute atomic E-state index is 14.3. The minimum Gasteiger partial charge on any atom is -0.508 e. The van der Waals surface area contributed by atoms with Crippen LogP contribution in [-0.2, 0) is 10.0 Å². The van der Waals surface area contributed by atoms with Gasteiger partial charge in [0.25, 0.3) is 0 Å². The molecule has 4 rings (SSSR count). The maximum atomic E-state index is 14.3. The fraction of sp³-hybridized carbons (Fsp3) is 0.250. The number of phenolic OH excluding ortho intramolecular Hbond substituents is 1. The summed E-state index contributed by atoms with van der Waals surface area (Å²) < 4.78 is 30.6. The predicted molar refractivity (Wildman–Crippen MR) is 157 cm³/mol. The first-order valence-corrected chi connectivity index (χ1v) is 15.0. The molecule has 10 heteroatoms. The zero-order valence-corrected chi connectivity index (χ0v) is 25.3. The molecule has 2 aliphatic rings. The van der Waals surface area contributed by atoms with Crippen molar-refractivity contribution >= 4 is 47.7 Å². The van der Waals surface area contributed by atoms with Crippen LogP contribution in [0.25, 0.3) is 0 Å². The quantitative estimate of drug-likeness (QED) is 0.217. The Hall–Kier alpha value is -2.50. The molecule has 0 saturated carbocycles. The molecule has 0 radical (unpaired) electrons. The van der Waals surface area contributed by atoms with Crippen LogP contribution in [0.2, 0.25) is 0 Å². The van der Waals surface area contributed by atoms with Crippen molar-refractivity contribution in [2.75, 3.05) is 14.1 Å². The Morgan fingerprint density at radius 1 is 1.18 bits per heavy atom. The lowest BCUT2D eigenvalue weighted by Gasteiger charge is -2.41. The molecule has 2 aliphatic carbocycles. The topological polar surface area (TPSA) is 110 Å². The van der Waals surface area contributed by atoms with E-state index in [-0.39, 0.29) is 28.6 Å². The molecule has 7 nitrogen and oxygen atoms in total. The van der Waals surface area contributed by atoms with Crippen LogP contribution in [0.5, 0.6) is 17.2 Å². The monoisotopic (exact) mass is 662 g/mol. The molecule has 0 aromatic heterocycles. The van der Waals surface area contributed by atoms with Gasteiger partial charge in [-0.05, 0) is 68.1 Å².